The Hall–Kier alpha value is -1.27. The van der Waals surface area contributed by atoms with Crippen molar-refractivity contribution in [2.24, 2.45) is 0 Å². The highest BCUT2D eigenvalue weighted by Gasteiger charge is 2.35. The first-order valence-corrected chi connectivity index (χ1v) is 7.46. The van der Waals surface area contributed by atoms with E-state index in [-0.39, 0.29) is 17.6 Å². The van der Waals surface area contributed by atoms with Gasteiger partial charge in [0.15, 0.2) is 21.3 Å². The van der Waals surface area contributed by atoms with Crippen molar-refractivity contribution in [3.63, 3.8) is 0 Å². The second-order valence-electron chi connectivity index (χ2n) is 4.40. The van der Waals surface area contributed by atoms with E-state index in [1.165, 1.54) is 7.11 Å². The molecule has 1 atom stereocenters. The predicted molar refractivity (Wildman–Crippen MR) is 66.7 cm³/mol. The summed E-state index contributed by atoms with van der Waals surface area (Å²) in [6.07, 6.45) is -0.890. The van der Waals surface area contributed by atoms with Crippen LogP contribution in [-0.4, -0.2) is 38.2 Å². The monoisotopic (exact) mass is 272 g/mol. The summed E-state index contributed by atoms with van der Waals surface area (Å²) in [6.45, 7) is 1.66. The molecule has 1 saturated heterocycles. The zero-order chi connectivity index (χ0) is 13.3. The van der Waals surface area contributed by atoms with Crippen molar-refractivity contribution in [2.45, 2.75) is 19.1 Å². The van der Waals surface area contributed by atoms with Gasteiger partial charge < -0.3 is 14.6 Å². The average molecular weight is 272 g/mol. The Balaban J connectivity index is 2.13. The van der Waals surface area contributed by atoms with Gasteiger partial charge in [0.2, 0.25) is 0 Å². The van der Waals surface area contributed by atoms with Gasteiger partial charge in [0.1, 0.15) is 6.10 Å². The van der Waals surface area contributed by atoms with Crippen LogP contribution in [0.2, 0.25) is 0 Å². The number of benzene rings is 1. The van der Waals surface area contributed by atoms with Gasteiger partial charge in [-0.1, -0.05) is 6.07 Å². The highest BCUT2D eigenvalue weighted by atomic mass is 32.2. The molecule has 1 aromatic carbocycles. The number of methoxy groups -OCH3 is 1. The fraction of sp³-hybridized carbons (Fsp3) is 0.500. The second kappa shape index (κ2) is 4.78. The van der Waals surface area contributed by atoms with Gasteiger partial charge in [0, 0.05) is 0 Å². The Morgan fingerprint density at radius 3 is 2.50 bits per heavy atom. The van der Waals surface area contributed by atoms with Crippen LogP contribution in [0.1, 0.15) is 18.6 Å². The maximum Gasteiger partial charge on any atom is 0.161 e. The zero-order valence-electron chi connectivity index (χ0n) is 10.3. The average Bonchev–Trinajstić information content (AvgIpc) is 2.26. The summed E-state index contributed by atoms with van der Waals surface area (Å²) in [6, 6.07) is 5.11. The molecular weight excluding hydrogens is 256 g/mol. The molecule has 0 spiro atoms. The van der Waals surface area contributed by atoms with Crippen molar-refractivity contribution in [1.29, 1.82) is 0 Å². The molecule has 1 unspecified atom stereocenters. The third kappa shape index (κ3) is 2.76. The highest BCUT2D eigenvalue weighted by molar-refractivity contribution is 7.92. The fourth-order valence-corrected chi connectivity index (χ4v) is 2.98. The summed E-state index contributed by atoms with van der Waals surface area (Å²) in [4.78, 5) is 0. The van der Waals surface area contributed by atoms with Gasteiger partial charge in [-0.15, -0.1) is 0 Å². The summed E-state index contributed by atoms with van der Waals surface area (Å²) in [7, 11) is -1.39. The van der Waals surface area contributed by atoms with Crippen molar-refractivity contribution in [2.75, 3.05) is 18.6 Å². The normalized spacial score (nSPS) is 19.9. The minimum Gasteiger partial charge on any atom is -0.493 e. The molecule has 6 heteroatoms. The second-order valence-corrected chi connectivity index (χ2v) is 6.56. The summed E-state index contributed by atoms with van der Waals surface area (Å²) in [5.41, 5.74) is 0.723. The molecule has 1 aromatic rings. The smallest absolute Gasteiger partial charge is 0.161 e. The lowest BCUT2D eigenvalue weighted by Gasteiger charge is -2.27. The van der Waals surface area contributed by atoms with Gasteiger partial charge in [-0.3, -0.25) is 0 Å². The molecule has 1 aliphatic heterocycles. The topological polar surface area (TPSA) is 72.8 Å². The minimum atomic E-state index is -2.90. The molecule has 0 aromatic heterocycles. The van der Waals surface area contributed by atoms with Crippen LogP contribution in [0.4, 0.5) is 0 Å². The number of sulfone groups is 1. The van der Waals surface area contributed by atoms with Crippen molar-refractivity contribution in [3.05, 3.63) is 23.8 Å². The molecule has 1 fully saturated rings. The Kier molecular flexibility index (Phi) is 3.49. The van der Waals surface area contributed by atoms with E-state index in [1.54, 1.807) is 25.1 Å². The maximum atomic E-state index is 11.0. The molecule has 0 aliphatic carbocycles. The molecule has 1 heterocycles. The molecule has 0 bridgehead atoms. The van der Waals surface area contributed by atoms with Crippen LogP contribution in [0.3, 0.4) is 0 Å². The Labute approximate surface area is 106 Å². The molecule has 5 nitrogen and oxygen atoms in total. The SMILES string of the molecule is COc1cc(C(C)O)ccc1OC1CS(=O)(=O)C1. The van der Waals surface area contributed by atoms with Crippen molar-refractivity contribution in [1.82, 2.24) is 0 Å². The van der Waals surface area contributed by atoms with Crippen LogP contribution >= 0.6 is 0 Å². The molecule has 100 valence electrons. The zero-order valence-corrected chi connectivity index (χ0v) is 11.1. The molecular formula is C12H16O5S. The van der Waals surface area contributed by atoms with Crippen LogP contribution in [-0.2, 0) is 9.84 Å². The largest absolute Gasteiger partial charge is 0.493 e. The molecule has 1 aliphatic rings. The molecule has 0 radical (unpaired) electrons. The Morgan fingerprint density at radius 2 is 2.00 bits per heavy atom. The first-order valence-electron chi connectivity index (χ1n) is 5.64. The minimum absolute atomic E-state index is 0.0499. The predicted octanol–water partition coefficient (Wildman–Crippen LogP) is 0.924. The first-order chi connectivity index (χ1) is 8.41. The van der Waals surface area contributed by atoms with E-state index in [1.807, 2.05) is 0 Å². The van der Waals surface area contributed by atoms with Gasteiger partial charge in [0.05, 0.1) is 24.7 Å². The van der Waals surface area contributed by atoms with Crippen LogP contribution in [0.15, 0.2) is 18.2 Å². The van der Waals surface area contributed by atoms with E-state index >= 15 is 0 Å². The van der Waals surface area contributed by atoms with E-state index in [4.69, 9.17) is 9.47 Å². The van der Waals surface area contributed by atoms with E-state index in [0.717, 1.165) is 5.56 Å². The van der Waals surface area contributed by atoms with Crippen LogP contribution in [0.25, 0.3) is 0 Å². The first kappa shape index (κ1) is 13.2. The maximum absolute atomic E-state index is 11.0. The van der Waals surface area contributed by atoms with Crippen LogP contribution < -0.4 is 9.47 Å². The third-order valence-corrected chi connectivity index (χ3v) is 4.60. The summed E-state index contributed by atoms with van der Waals surface area (Å²) in [5, 5.41) is 9.47. The number of ether oxygens (including phenoxy) is 2. The number of rotatable bonds is 4. The van der Waals surface area contributed by atoms with Crippen molar-refractivity contribution >= 4 is 9.84 Å². The van der Waals surface area contributed by atoms with Crippen LogP contribution in [0, 0.1) is 0 Å². The van der Waals surface area contributed by atoms with E-state index < -0.39 is 15.9 Å². The molecule has 2 rings (SSSR count). The van der Waals surface area contributed by atoms with Gasteiger partial charge in [-0.05, 0) is 24.6 Å². The number of hydrogen-bond acceptors (Lipinski definition) is 5. The summed E-state index contributed by atoms with van der Waals surface area (Å²) in [5.74, 6) is 1.10. The lowest BCUT2D eigenvalue weighted by atomic mass is 10.1. The Morgan fingerprint density at radius 1 is 1.33 bits per heavy atom. The van der Waals surface area contributed by atoms with Gasteiger partial charge in [-0.2, -0.15) is 0 Å². The van der Waals surface area contributed by atoms with E-state index in [0.29, 0.717) is 11.5 Å². The number of aliphatic hydroxyl groups is 1. The number of aliphatic hydroxyl groups excluding tert-OH is 1. The van der Waals surface area contributed by atoms with Crippen LogP contribution in [0.5, 0.6) is 11.5 Å². The van der Waals surface area contributed by atoms with Crippen molar-refractivity contribution < 1.29 is 23.0 Å². The van der Waals surface area contributed by atoms with Gasteiger partial charge >= 0.3 is 0 Å². The van der Waals surface area contributed by atoms with Gasteiger partial charge in [-0.25, -0.2) is 8.42 Å². The van der Waals surface area contributed by atoms with E-state index in [9.17, 15) is 13.5 Å². The Bertz CT molecular complexity index is 523. The lowest BCUT2D eigenvalue weighted by Crippen LogP contribution is -2.45. The summed E-state index contributed by atoms with van der Waals surface area (Å²) < 4.78 is 32.8. The molecule has 0 amide bonds. The quantitative estimate of drug-likeness (QED) is 0.882. The number of hydrogen-bond donors (Lipinski definition) is 1. The lowest BCUT2D eigenvalue weighted by molar-refractivity contribution is 0.197. The van der Waals surface area contributed by atoms with Gasteiger partial charge in [0.25, 0.3) is 0 Å². The van der Waals surface area contributed by atoms with Crippen molar-refractivity contribution in [3.8, 4) is 11.5 Å². The fourth-order valence-electron chi connectivity index (χ4n) is 1.81. The highest BCUT2D eigenvalue weighted by Crippen LogP contribution is 2.32. The standard InChI is InChI=1S/C12H16O5S/c1-8(13)9-3-4-11(12(5-9)16-2)17-10-6-18(14,15)7-10/h3-5,8,10,13H,6-7H2,1-2H3. The summed E-state index contributed by atoms with van der Waals surface area (Å²) >= 11 is 0. The molecule has 1 N–H and O–H groups in total. The third-order valence-electron chi connectivity index (χ3n) is 2.84. The molecule has 18 heavy (non-hydrogen) atoms. The molecule has 0 saturated carbocycles. The van der Waals surface area contributed by atoms with E-state index in [2.05, 4.69) is 0 Å².